The topological polar surface area (TPSA) is 16.4 Å². The number of hydrogen-bond donors (Lipinski definition) is 0. The lowest BCUT2D eigenvalue weighted by Gasteiger charge is -2.26. The third kappa shape index (κ3) is 5.02. The van der Waals surface area contributed by atoms with E-state index in [-0.39, 0.29) is 5.41 Å². The van der Waals surface area contributed by atoms with Crippen molar-refractivity contribution in [2.24, 2.45) is 0 Å². The minimum absolute atomic E-state index is 0.153. The lowest BCUT2D eigenvalue weighted by molar-refractivity contribution is 0.654. The summed E-state index contributed by atoms with van der Waals surface area (Å²) in [4.78, 5) is 2.33. The minimum atomic E-state index is -0.153. The van der Waals surface area contributed by atoms with Gasteiger partial charge >= 0.3 is 0 Å². The molecule has 0 atom stereocenters. The van der Waals surface area contributed by atoms with Gasteiger partial charge in [-0.2, -0.15) is 0 Å². The van der Waals surface area contributed by atoms with Gasteiger partial charge in [0.05, 0.1) is 0 Å². The van der Waals surface area contributed by atoms with E-state index >= 15 is 0 Å². The highest BCUT2D eigenvalue weighted by Crippen LogP contribution is 2.55. The van der Waals surface area contributed by atoms with Crippen LogP contribution in [0.3, 0.4) is 0 Å². The van der Waals surface area contributed by atoms with Crippen LogP contribution in [0.2, 0.25) is 0 Å². The Morgan fingerprint density at radius 3 is 1.72 bits per heavy atom. The summed E-state index contributed by atoms with van der Waals surface area (Å²) in [6.07, 6.45) is 0. The molecule has 0 radical (unpaired) electrons. The van der Waals surface area contributed by atoms with E-state index in [2.05, 4.69) is 207 Å². The second-order valence-corrected chi connectivity index (χ2v) is 14.5. The van der Waals surface area contributed by atoms with Gasteiger partial charge in [-0.05, 0) is 87.0 Å². The fourth-order valence-electron chi connectivity index (χ4n) is 8.47. The molecule has 0 N–H and O–H groups in total. The van der Waals surface area contributed by atoms with Crippen molar-refractivity contribution < 1.29 is 4.42 Å². The van der Waals surface area contributed by atoms with Crippen molar-refractivity contribution in [3.63, 3.8) is 0 Å². The first-order chi connectivity index (χ1) is 26.1. The molecule has 8 aromatic carbocycles. The highest BCUT2D eigenvalue weighted by atomic mass is 16.3. The number of fused-ring (bicyclic) bond motifs is 7. The third-order valence-corrected chi connectivity index (χ3v) is 11.1. The van der Waals surface area contributed by atoms with Crippen LogP contribution in [0, 0.1) is 0 Å². The summed E-state index contributed by atoms with van der Waals surface area (Å²) in [6, 6.07) is 67.5. The number of rotatable bonds is 6. The standard InChI is InChI=1S/C51H37NO/c1-51(2)45-27-13-12-24-42(45)48-46(51)33-44(36-18-8-4-9-19-36)47-43-26-15-25-41(49(43)53-50(47)48)37-20-14-23-40(32-37)52(38-21-10-5-11-22-38)39-30-28-35(29-31-39)34-16-6-3-7-17-34/h3-33H,1-2H3. The van der Waals surface area contributed by atoms with Crippen LogP contribution in [0.1, 0.15) is 25.0 Å². The largest absolute Gasteiger partial charge is 0.455 e. The van der Waals surface area contributed by atoms with E-state index in [0.29, 0.717) is 0 Å². The van der Waals surface area contributed by atoms with E-state index in [1.807, 2.05) is 0 Å². The SMILES string of the molecule is CC1(C)c2ccccc2-c2c1cc(-c1ccccc1)c1c2oc2c(-c3cccc(N(c4ccccc4)c4ccc(-c5ccccc5)cc4)c3)cccc21. The van der Waals surface area contributed by atoms with Crippen molar-refractivity contribution >= 4 is 39.0 Å². The molecule has 0 aliphatic heterocycles. The van der Waals surface area contributed by atoms with Crippen molar-refractivity contribution in [2.45, 2.75) is 19.3 Å². The molecular weight excluding hydrogens is 643 g/mol. The van der Waals surface area contributed by atoms with Gasteiger partial charge in [-0.25, -0.2) is 0 Å². The molecule has 0 fully saturated rings. The molecule has 0 unspecified atom stereocenters. The maximum atomic E-state index is 7.20. The van der Waals surface area contributed by atoms with Crippen LogP contribution < -0.4 is 4.90 Å². The lowest BCUT2D eigenvalue weighted by Crippen LogP contribution is -2.15. The van der Waals surface area contributed by atoms with E-state index in [0.717, 1.165) is 44.7 Å². The zero-order valence-electron chi connectivity index (χ0n) is 29.8. The van der Waals surface area contributed by atoms with Crippen LogP contribution in [-0.4, -0.2) is 0 Å². The molecule has 0 saturated carbocycles. The van der Waals surface area contributed by atoms with Gasteiger partial charge in [0.2, 0.25) is 0 Å². The molecule has 53 heavy (non-hydrogen) atoms. The Morgan fingerprint density at radius 2 is 0.962 bits per heavy atom. The van der Waals surface area contributed by atoms with Gasteiger partial charge in [0, 0.05) is 44.4 Å². The summed E-state index contributed by atoms with van der Waals surface area (Å²) < 4.78 is 7.20. The maximum absolute atomic E-state index is 7.20. The zero-order valence-corrected chi connectivity index (χ0v) is 29.8. The maximum Gasteiger partial charge on any atom is 0.144 e. The van der Waals surface area contributed by atoms with E-state index in [9.17, 15) is 0 Å². The predicted octanol–water partition coefficient (Wildman–Crippen LogP) is 14.4. The molecule has 252 valence electrons. The summed E-state index contributed by atoms with van der Waals surface area (Å²) in [5.41, 5.74) is 17.1. The van der Waals surface area contributed by atoms with Crippen molar-refractivity contribution in [2.75, 3.05) is 4.90 Å². The fourth-order valence-corrected chi connectivity index (χ4v) is 8.47. The van der Waals surface area contributed by atoms with Gasteiger partial charge in [-0.15, -0.1) is 0 Å². The number of furan rings is 1. The minimum Gasteiger partial charge on any atom is -0.455 e. The number of para-hydroxylation sites is 2. The van der Waals surface area contributed by atoms with Crippen molar-refractivity contribution in [3.05, 3.63) is 199 Å². The third-order valence-electron chi connectivity index (χ3n) is 11.1. The highest BCUT2D eigenvalue weighted by molar-refractivity contribution is 6.20. The van der Waals surface area contributed by atoms with Crippen LogP contribution in [-0.2, 0) is 5.41 Å². The van der Waals surface area contributed by atoms with Gasteiger partial charge in [-0.1, -0.05) is 159 Å². The molecular formula is C51H37NO. The smallest absolute Gasteiger partial charge is 0.144 e. The average Bonchev–Trinajstić information content (AvgIpc) is 3.72. The Hall–Kier alpha value is -6.64. The molecule has 0 bridgehead atoms. The normalized spacial score (nSPS) is 12.9. The first kappa shape index (κ1) is 31.1. The molecule has 0 spiro atoms. The summed E-state index contributed by atoms with van der Waals surface area (Å²) in [5.74, 6) is 0. The van der Waals surface area contributed by atoms with Crippen LogP contribution >= 0.6 is 0 Å². The van der Waals surface area contributed by atoms with Gasteiger partial charge in [-0.3, -0.25) is 0 Å². The molecule has 0 amide bonds. The summed E-state index contributed by atoms with van der Waals surface area (Å²) >= 11 is 0. The highest BCUT2D eigenvalue weighted by Gasteiger charge is 2.38. The number of benzene rings is 8. The molecule has 1 aliphatic carbocycles. The number of hydrogen-bond acceptors (Lipinski definition) is 2. The van der Waals surface area contributed by atoms with Gasteiger partial charge in [0.15, 0.2) is 0 Å². The molecule has 1 heterocycles. The van der Waals surface area contributed by atoms with Crippen LogP contribution in [0.5, 0.6) is 0 Å². The fraction of sp³-hybridized carbons (Fsp3) is 0.0588. The van der Waals surface area contributed by atoms with E-state index in [1.54, 1.807) is 0 Å². The van der Waals surface area contributed by atoms with Gasteiger partial charge < -0.3 is 9.32 Å². The second kappa shape index (κ2) is 12.3. The predicted molar refractivity (Wildman–Crippen MR) is 222 cm³/mol. The summed E-state index contributed by atoms with van der Waals surface area (Å²) in [7, 11) is 0. The second-order valence-electron chi connectivity index (χ2n) is 14.5. The summed E-state index contributed by atoms with van der Waals surface area (Å²) in [6.45, 7) is 4.68. The van der Waals surface area contributed by atoms with E-state index in [1.165, 1.54) is 49.9 Å². The Morgan fingerprint density at radius 1 is 0.396 bits per heavy atom. The first-order valence-corrected chi connectivity index (χ1v) is 18.4. The molecule has 2 nitrogen and oxygen atoms in total. The zero-order chi connectivity index (χ0) is 35.5. The molecule has 1 aromatic heterocycles. The molecule has 0 saturated heterocycles. The number of nitrogens with zero attached hydrogens (tertiary/aromatic N) is 1. The lowest BCUT2D eigenvalue weighted by atomic mass is 9.81. The van der Waals surface area contributed by atoms with E-state index < -0.39 is 0 Å². The molecule has 10 rings (SSSR count). The van der Waals surface area contributed by atoms with Gasteiger partial charge in [0.25, 0.3) is 0 Å². The van der Waals surface area contributed by atoms with Gasteiger partial charge in [0.1, 0.15) is 11.2 Å². The van der Waals surface area contributed by atoms with Crippen molar-refractivity contribution in [1.82, 2.24) is 0 Å². The van der Waals surface area contributed by atoms with Crippen LogP contribution in [0.4, 0.5) is 17.1 Å². The Kier molecular flexibility index (Phi) is 7.19. The van der Waals surface area contributed by atoms with Crippen LogP contribution in [0.25, 0.3) is 66.4 Å². The molecule has 2 heteroatoms. The van der Waals surface area contributed by atoms with Crippen molar-refractivity contribution in [3.8, 4) is 44.5 Å². The average molecular weight is 680 g/mol. The molecule has 9 aromatic rings. The Balaban J connectivity index is 1.17. The quantitative estimate of drug-likeness (QED) is 0.174. The van der Waals surface area contributed by atoms with Crippen LogP contribution in [0.15, 0.2) is 192 Å². The first-order valence-electron chi connectivity index (χ1n) is 18.4. The Bertz CT molecular complexity index is 2780. The monoisotopic (exact) mass is 679 g/mol. The molecule has 1 aliphatic rings. The van der Waals surface area contributed by atoms with Crippen molar-refractivity contribution in [1.29, 1.82) is 0 Å². The Labute approximate surface area is 310 Å². The summed E-state index contributed by atoms with van der Waals surface area (Å²) in [5, 5.41) is 2.29. The number of anilines is 3. The van der Waals surface area contributed by atoms with E-state index in [4.69, 9.17) is 4.42 Å².